The van der Waals surface area contributed by atoms with Crippen molar-refractivity contribution in [2.45, 2.75) is 76.9 Å². The van der Waals surface area contributed by atoms with Gasteiger partial charge in [0.05, 0.1) is 11.7 Å². The first-order valence-electron chi connectivity index (χ1n) is 8.90. The Morgan fingerprint density at radius 1 is 1.00 bits per heavy atom. The minimum absolute atomic E-state index is 0.0866. The van der Waals surface area contributed by atoms with E-state index in [1.807, 2.05) is 0 Å². The highest BCUT2D eigenvalue weighted by molar-refractivity contribution is 7.99. The molecule has 1 spiro atoms. The van der Waals surface area contributed by atoms with Gasteiger partial charge in [0, 0.05) is 6.61 Å². The fourth-order valence-corrected chi connectivity index (χ4v) is 5.83. The zero-order chi connectivity index (χ0) is 14.9. The Morgan fingerprint density at radius 3 is 2.33 bits per heavy atom. The predicted molar refractivity (Wildman–Crippen MR) is 89.7 cm³/mol. The number of aliphatic hydroxyl groups excluding tert-OH is 1. The summed E-state index contributed by atoms with van der Waals surface area (Å²) in [6.07, 6.45) is 9.46. The van der Waals surface area contributed by atoms with Crippen molar-refractivity contribution in [2.75, 3.05) is 18.1 Å². The van der Waals surface area contributed by atoms with E-state index < -0.39 is 0 Å². The van der Waals surface area contributed by atoms with Gasteiger partial charge in [0.1, 0.15) is 0 Å². The SMILES string of the molecule is CC1(C)CCC(C(O)C2CCOC3(CCSCC3)C2)CC1. The molecule has 0 aromatic rings. The van der Waals surface area contributed by atoms with Gasteiger partial charge in [-0.2, -0.15) is 11.8 Å². The van der Waals surface area contributed by atoms with Gasteiger partial charge in [0.2, 0.25) is 0 Å². The molecule has 0 amide bonds. The lowest BCUT2D eigenvalue weighted by atomic mass is 9.68. The zero-order valence-corrected chi connectivity index (χ0v) is 14.6. The van der Waals surface area contributed by atoms with Gasteiger partial charge in [0.15, 0.2) is 0 Å². The van der Waals surface area contributed by atoms with Gasteiger partial charge in [-0.05, 0) is 80.1 Å². The van der Waals surface area contributed by atoms with Crippen LogP contribution in [0.25, 0.3) is 0 Å². The van der Waals surface area contributed by atoms with E-state index in [2.05, 4.69) is 25.6 Å². The normalized spacial score (nSPS) is 34.7. The second-order valence-corrected chi connectivity index (χ2v) is 9.61. The van der Waals surface area contributed by atoms with E-state index in [0.29, 0.717) is 17.3 Å². The average Bonchev–Trinajstić information content (AvgIpc) is 2.47. The van der Waals surface area contributed by atoms with Gasteiger partial charge in [-0.1, -0.05) is 13.8 Å². The van der Waals surface area contributed by atoms with Crippen molar-refractivity contribution < 1.29 is 9.84 Å². The molecule has 2 aliphatic heterocycles. The monoisotopic (exact) mass is 312 g/mol. The van der Waals surface area contributed by atoms with Crippen molar-refractivity contribution in [1.29, 1.82) is 0 Å². The maximum atomic E-state index is 10.9. The molecule has 0 radical (unpaired) electrons. The number of aliphatic hydroxyl groups is 1. The maximum absolute atomic E-state index is 10.9. The van der Waals surface area contributed by atoms with Crippen molar-refractivity contribution >= 4 is 11.8 Å². The number of ether oxygens (including phenoxy) is 1. The van der Waals surface area contributed by atoms with Crippen molar-refractivity contribution in [2.24, 2.45) is 17.3 Å². The summed E-state index contributed by atoms with van der Waals surface area (Å²) < 4.78 is 6.18. The Bertz CT molecular complexity index is 334. The van der Waals surface area contributed by atoms with Crippen LogP contribution in [0.4, 0.5) is 0 Å². The summed E-state index contributed by atoms with van der Waals surface area (Å²) in [5.41, 5.74) is 0.608. The van der Waals surface area contributed by atoms with Crippen LogP contribution in [0.1, 0.15) is 65.2 Å². The smallest absolute Gasteiger partial charge is 0.0701 e. The van der Waals surface area contributed by atoms with Crippen LogP contribution in [-0.2, 0) is 4.74 Å². The van der Waals surface area contributed by atoms with Gasteiger partial charge < -0.3 is 9.84 Å². The average molecular weight is 313 g/mol. The quantitative estimate of drug-likeness (QED) is 0.826. The number of hydrogen-bond donors (Lipinski definition) is 1. The van der Waals surface area contributed by atoms with Gasteiger partial charge in [-0.3, -0.25) is 0 Å². The van der Waals surface area contributed by atoms with Crippen LogP contribution in [0.3, 0.4) is 0 Å². The van der Waals surface area contributed by atoms with E-state index in [-0.39, 0.29) is 11.7 Å². The van der Waals surface area contributed by atoms with E-state index in [1.54, 1.807) is 0 Å². The number of thioether (sulfide) groups is 1. The van der Waals surface area contributed by atoms with Gasteiger partial charge in [-0.15, -0.1) is 0 Å². The molecular weight excluding hydrogens is 280 g/mol. The highest BCUT2D eigenvalue weighted by Crippen LogP contribution is 2.45. The topological polar surface area (TPSA) is 29.5 Å². The Hall–Kier alpha value is 0.270. The third kappa shape index (κ3) is 3.79. The summed E-state index contributed by atoms with van der Waals surface area (Å²) in [6, 6.07) is 0. The highest BCUT2D eigenvalue weighted by Gasteiger charge is 2.43. The lowest BCUT2D eigenvalue weighted by Gasteiger charge is -2.46. The molecule has 2 nitrogen and oxygen atoms in total. The van der Waals surface area contributed by atoms with Crippen molar-refractivity contribution in [1.82, 2.24) is 0 Å². The van der Waals surface area contributed by atoms with Crippen LogP contribution in [-0.4, -0.2) is 34.9 Å². The summed E-state index contributed by atoms with van der Waals surface area (Å²) in [6.45, 7) is 5.61. The molecule has 0 aromatic heterocycles. The zero-order valence-electron chi connectivity index (χ0n) is 13.8. The largest absolute Gasteiger partial charge is 0.393 e. The molecule has 2 saturated heterocycles. The number of hydrogen-bond acceptors (Lipinski definition) is 3. The molecular formula is C18H32O2S. The highest BCUT2D eigenvalue weighted by atomic mass is 32.2. The van der Waals surface area contributed by atoms with E-state index >= 15 is 0 Å². The molecule has 0 aromatic carbocycles. The fraction of sp³-hybridized carbons (Fsp3) is 1.00. The molecule has 0 bridgehead atoms. The fourth-order valence-electron chi connectivity index (χ4n) is 4.60. The molecule has 3 rings (SSSR count). The van der Waals surface area contributed by atoms with E-state index in [1.165, 1.54) is 50.0 Å². The first kappa shape index (κ1) is 16.1. The molecule has 122 valence electrons. The van der Waals surface area contributed by atoms with Crippen LogP contribution >= 0.6 is 11.8 Å². The third-order valence-electron chi connectivity index (χ3n) is 6.28. The minimum atomic E-state index is -0.0866. The van der Waals surface area contributed by atoms with Crippen LogP contribution in [0.5, 0.6) is 0 Å². The van der Waals surface area contributed by atoms with Gasteiger partial charge >= 0.3 is 0 Å². The molecule has 2 unspecified atom stereocenters. The van der Waals surface area contributed by atoms with Crippen LogP contribution < -0.4 is 0 Å². The Balaban J connectivity index is 1.58. The summed E-state index contributed by atoms with van der Waals surface area (Å²) in [4.78, 5) is 0. The van der Waals surface area contributed by atoms with E-state index in [0.717, 1.165) is 19.4 Å². The number of rotatable bonds is 2. The first-order valence-corrected chi connectivity index (χ1v) is 10.1. The third-order valence-corrected chi connectivity index (χ3v) is 7.27. The molecule has 2 atom stereocenters. The lowest BCUT2D eigenvalue weighted by molar-refractivity contribution is -0.130. The second-order valence-electron chi connectivity index (χ2n) is 8.39. The lowest BCUT2D eigenvalue weighted by Crippen LogP contribution is -2.47. The maximum Gasteiger partial charge on any atom is 0.0701 e. The molecule has 1 aliphatic carbocycles. The van der Waals surface area contributed by atoms with Crippen LogP contribution in [0.15, 0.2) is 0 Å². The molecule has 3 fully saturated rings. The molecule has 21 heavy (non-hydrogen) atoms. The predicted octanol–water partition coefficient (Wildman–Crippen LogP) is 4.26. The molecule has 2 heterocycles. The molecule has 1 N–H and O–H groups in total. The summed E-state index contributed by atoms with van der Waals surface area (Å²) in [5.74, 6) is 3.49. The second kappa shape index (κ2) is 6.41. The minimum Gasteiger partial charge on any atom is -0.393 e. The summed E-state index contributed by atoms with van der Waals surface area (Å²) in [5, 5.41) is 10.9. The van der Waals surface area contributed by atoms with Crippen LogP contribution in [0, 0.1) is 17.3 Å². The summed E-state index contributed by atoms with van der Waals surface area (Å²) in [7, 11) is 0. The van der Waals surface area contributed by atoms with Gasteiger partial charge in [-0.25, -0.2) is 0 Å². The summed E-state index contributed by atoms with van der Waals surface area (Å²) >= 11 is 2.06. The van der Waals surface area contributed by atoms with E-state index in [4.69, 9.17) is 4.74 Å². The molecule has 3 heteroatoms. The van der Waals surface area contributed by atoms with E-state index in [9.17, 15) is 5.11 Å². The Labute approximate surface area is 134 Å². The Kier molecular flexibility index (Phi) is 4.93. The van der Waals surface area contributed by atoms with Gasteiger partial charge in [0.25, 0.3) is 0 Å². The Morgan fingerprint density at radius 2 is 1.67 bits per heavy atom. The first-order chi connectivity index (χ1) is 10.00. The molecule has 3 aliphatic rings. The van der Waals surface area contributed by atoms with Crippen molar-refractivity contribution in [3.05, 3.63) is 0 Å². The standard InChI is InChI=1S/C18H32O2S/c1-17(2)6-3-14(4-7-17)16(19)15-5-10-20-18(13-15)8-11-21-12-9-18/h14-16,19H,3-13H2,1-2H3. The van der Waals surface area contributed by atoms with Crippen molar-refractivity contribution in [3.63, 3.8) is 0 Å². The van der Waals surface area contributed by atoms with Crippen molar-refractivity contribution in [3.8, 4) is 0 Å². The van der Waals surface area contributed by atoms with Crippen LogP contribution in [0.2, 0.25) is 0 Å². The molecule has 1 saturated carbocycles.